The Hall–Kier alpha value is -2.07. The van der Waals surface area contributed by atoms with Gasteiger partial charge in [-0.15, -0.1) is 0 Å². The molecule has 0 bridgehead atoms. The highest BCUT2D eigenvalue weighted by Gasteiger charge is 2.45. The summed E-state index contributed by atoms with van der Waals surface area (Å²) in [7, 11) is 0. The Balaban J connectivity index is 2.15. The molecular formula is C13H12F3N3O. The summed E-state index contributed by atoms with van der Waals surface area (Å²) >= 11 is 0. The molecular weight excluding hydrogens is 271 g/mol. The van der Waals surface area contributed by atoms with Crippen molar-refractivity contribution < 1.29 is 18.0 Å². The van der Waals surface area contributed by atoms with Crippen molar-refractivity contribution in [1.29, 1.82) is 5.26 Å². The first-order chi connectivity index (χ1) is 9.40. The lowest BCUT2D eigenvalue weighted by molar-refractivity contribution is -0.187. The van der Waals surface area contributed by atoms with E-state index >= 15 is 0 Å². The summed E-state index contributed by atoms with van der Waals surface area (Å²) in [5, 5.41) is 9.59. The fourth-order valence-corrected chi connectivity index (χ4v) is 2.07. The van der Waals surface area contributed by atoms with Gasteiger partial charge in [0.25, 0.3) is 0 Å². The van der Waals surface area contributed by atoms with Crippen LogP contribution in [0.1, 0.15) is 17.5 Å². The molecule has 106 valence electrons. The van der Waals surface area contributed by atoms with E-state index < -0.39 is 18.1 Å². The molecule has 0 spiro atoms. The quantitative estimate of drug-likeness (QED) is 0.919. The molecule has 1 aromatic carbocycles. The Morgan fingerprint density at radius 3 is 2.45 bits per heavy atom. The molecule has 1 fully saturated rings. The monoisotopic (exact) mass is 283 g/mol. The molecule has 0 aromatic heterocycles. The molecule has 1 atom stereocenters. The molecule has 2 rings (SSSR count). The number of rotatable bonds is 3. The van der Waals surface area contributed by atoms with Crippen LogP contribution in [0, 0.1) is 11.3 Å². The van der Waals surface area contributed by atoms with Gasteiger partial charge in [-0.1, -0.05) is 12.1 Å². The summed E-state index contributed by atoms with van der Waals surface area (Å²) in [6, 6.07) is 6.09. The second-order valence-corrected chi connectivity index (χ2v) is 4.55. The summed E-state index contributed by atoms with van der Waals surface area (Å²) in [6.07, 6.45) is -4.64. The highest BCUT2D eigenvalue weighted by molar-refractivity contribution is 5.77. The Labute approximate surface area is 113 Å². The molecule has 4 nitrogen and oxygen atoms in total. The van der Waals surface area contributed by atoms with Crippen LogP contribution in [-0.4, -0.2) is 29.7 Å². The number of nitrogens with zero attached hydrogens (tertiary/aromatic N) is 2. The number of benzene rings is 1. The molecule has 0 aliphatic carbocycles. The van der Waals surface area contributed by atoms with Gasteiger partial charge in [-0.3, -0.25) is 10.2 Å². The van der Waals surface area contributed by atoms with Crippen molar-refractivity contribution in [3.8, 4) is 6.07 Å². The number of nitrogens with one attached hydrogen (secondary N) is 1. The summed E-state index contributed by atoms with van der Waals surface area (Å²) < 4.78 is 39.3. The third kappa shape index (κ3) is 3.27. The van der Waals surface area contributed by atoms with Crippen molar-refractivity contribution in [2.45, 2.75) is 25.1 Å². The van der Waals surface area contributed by atoms with Crippen LogP contribution < -0.4 is 5.43 Å². The molecule has 1 aliphatic heterocycles. The van der Waals surface area contributed by atoms with E-state index in [0.29, 0.717) is 11.1 Å². The molecule has 1 unspecified atom stereocenters. The lowest BCUT2D eigenvalue weighted by atomic mass is 10.0. The Morgan fingerprint density at radius 1 is 1.35 bits per heavy atom. The number of amides is 1. The molecule has 0 radical (unpaired) electrons. The molecule has 20 heavy (non-hydrogen) atoms. The normalized spacial score (nSPS) is 17.6. The van der Waals surface area contributed by atoms with Crippen molar-refractivity contribution in [3.63, 3.8) is 0 Å². The van der Waals surface area contributed by atoms with Crippen LogP contribution in [0.2, 0.25) is 0 Å². The van der Waals surface area contributed by atoms with Gasteiger partial charge in [0, 0.05) is 13.0 Å². The van der Waals surface area contributed by atoms with Gasteiger partial charge < -0.3 is 0 Å². The van der Waals surface area contributed by atoms with Crippen LogP contribution in [-0.2, 0) is 11.2 Å². The van der Waals surface area contributed by atoms with Gasteiger partial charge in [-0.05, 0) is 24.1 Å². The third-order valence-corrected chi connectivity index (χ3v) is 3.11. The number of hydrogen-bond acceptors (Lipinski definition) is 3. The first-order valence-electron chi connectivity index (χ1n) is 6.02. The van der Waals surface area contributed by atoms with Gasteiger partial charge in [0.15, 0.2) is 0 Å². The minimum Gasteiger partial charge on any atom is -0.288 e. The van der Waals surface area contributed by atoms with Gasteiger partial charge in [0.2, 0.25) is 5.91 Å². The molecule has 1 aliphatic rings. The lowest BCUT2D eigenvalue weighted by Crippen LogP contribution is -2.51. The van der Waals surface area contributed by atoms with Crippen molar-refractivity contribution in [2.75, 3.05) is 6.54 Å². The zero-order valence-corrected chi connectivity index (χ0v) is 10.4. The van der Waals surface area contributed by atoms with Gasteiger partial charge in [-0.2, -0.15) is 18.4 Å². The smallest absolute Gasteiger partial charge is 0.288 e. The zero-order chi connectivity index (χ0) is 14.8. The Morgan fingerprint density at radius 2 is 2.00 bits per heavy atom. The molecule has 7 heteroatoms. The third-order valence-electron chi connectivity index (χ3n) is 3.11. The fraction of sp³-hybridized carbons (Fsp3) is 0.385. The number of nitriles is 1. The first kappa shape index (κ1) is 14.3. The predicted molar refractivity (Wildman–Crippen MR) is 64.2 cm³/mol. The van der Waals surface area contributed by atoms with E-state index in [1.54, 1.807) is 0 Å². The predicted octanol–water partition coefficient (Wildman–Crippen LogP) is 1.77. The first-order valence-corrected chi connectivity index (χ1v) is 6.02. The van der Waals surface area contributed by atoms with E-state index in [0.717, 1.165) is 5.01 Å². The average molecular weight is 283 g/mol. The van der Waals surface area contributed by atoms with Gasteiger partial charge in [-0.25, -0.2) is 5.01 Å². The minimum atomic E-state index is -4.44. The van der Waals surface area contributed by atoms with Crippen molar-refractivity contribution >= 4 is 5.91 Å². The van der Waals surface area contributed by atoms with Crippen LogP contribution in [0.15, 0.2) is 24.3 Å². The number of carbonyl (C=O) groups excluding carboxylic acids is 1. The number of hydrazine groups is 1. The van der Waals surface area contributed by atoms with E-state index in [4.69, 9.17) is 5.26 Å². The second-order valence-electron chi connectivity index (χ2n) is 4.55. The van der Waals surface area contributed by atoms with E-state index in [-0.39, 0.29) is 19.4 Å². The topological polar surface area (TPSA) is 56.1 Å². The molecule has 0 saturated carbocycles. The SMILES string of the molecule is N#Cc1ccc(CC(N2CCC(=O)N2)C(F)(F)F)cc1. The molecule has 1 aromatic rings. The van der Waals surface area contributed by atoms with Crippen molar-refractivity contribution in [1.82, 2.24) is 10.4 Å². The van der Waals surface area contributed by atoms with E-state index in [2.05, 4.69) is 5.43 Å². The molecule has 1 N–H and O–H groups in total. The van der Waals surface area contributed by atoms with Gasteiger partial charge in [0.1, 0.15) is 6.04 Å². The van der Waals surface area contributed by atoms with Crippen LogP contribution >= 0.6 is 0 Å². The minimum absolute atomic E-state index is 0.0410. The van der Waals surface area contributed by atoms with Crippen LogP contribution in [0.25, 0.3) is 0 Å². The summed E-state index contributed by atoms with van der Waals surface area (Å²) in [6.45, 7) is 0.0410. The summed E-state index contributed by atoms with van der Waals surface area (Å²) in [5.41, 5.74) is 3.09. The Bertz CT molecular complexity index is 533. The lowest BCUT2D eigenvalue weighted by Gasteiger charge is -2.29. The van der Waals surface area contributed by atoms with Crippen molar-refractivity contribution in [3.05, 3.63) is 35.4 Å². The van der Waals surface area contributed by atoms with E-state index in [1.807, 2.05) is 6.07 Å². The second kappa shape index (κ2) is 5.51. The number of alkyl halides is 3. The largest absolute Gasteiger partial charge is 0.406 e. The standard InChI is InChI=1S/C13H12F3N3O/c14-13(15,16)11(19-6-5-12(20)18-19)7-9-1-3-10(8-17)4-2-9/h1-4,11H,5-7H2,(H,18,20). The van der Waals surface area contributed by atoms with Crippen LogP contribution in [0.3, 0.4) is 0 Å². The van der Waals surface area contributed by atoms with Crippen LogP contribution in [0.5, 0.6) is 0 Å². The maximum atomic E-state index is 13.1. The maximum absolute atomic E-state index is 13.1. The van der Waals surface area contributed by atoms with Crippen LogP contribution in [0.4, 0.5) is 13.2 Å². The Kier molecular flexibility index (Phi) is 3.95. The highest BCUT2D eigenvalue weighted by atomic mass is 19.4. The van der Waals surface area contributed by atoms with Crippen molar-refractivity contribution in [2.24, 2.45) is 0 Å². The number of hydrogen-bond donors (Lipinski definition) is 1. The van der Waals surface area contributed by atoms with Gasteiger partial charge >= 0.3 is 6.18 Å². The number of carbonyl (C=O) groups is 1. The molecule has 1 saturated heterocycles. The average Bonchev–Trinajstić information content (AvgIpc) is 2.81. The molecule has 1 amide bonds. The van der Waals surface area contributed by atoms with E-state index in [1.165, 1.54) is 24.3 Å². The van der Waals surface area contributed by atoms with Gasteiger partial charge in [0.05, 0.1) is 11.6 Å². The fourth-order valence-electron chi connectivity index (χ4n) is 2.07. The highest BCUT2D eigenvalue weighted by Crippen LogP contribution is 2.28. The summed E-state index contributed by atoms with van der Waals surface area (Å²) in [4.78, 5) is 11.1. The maximum Gasteiger partial charge on any atom is 0.406 e. The number of halogens is 3. The molecule has 1 heterocycles. The summed E-state index contributed by atoms with van der Waals surface area (Å²) in [5.74, 6) is -0.404. The van der Waals surface area contributed by atoms with E-state index in [9.17, 15) is 18.0 Å². The zero-order valence-electron chi connectivity index (χ0n) is 10.4.